The third kappa shape index (κ3) is 3.51. The second kappa shape index (κ2) is 6.48. The van der Waals surface area contributed by atoms with Gasteiger partial charge in [0.2, 0.25) is 0 Å². The van der Waals surface area contributed by atoms with Crippen molar-refractivity contribution in [2.24, 2.45) is 0 Å². The van der Waals surface area contributed by atoms with Crippen molar-refractivity contribution in [1.82, 2.24) is 0 Å². The number of carbonyl (C=O) groups is 1. The average Bonchev–Trinajstić information content (AvgIpc) is 2.92. The lowest BCUT2D eigenvalue weighted by Crippen LogP contribution is -2.14. The molecule has 0 heterocycles. The number of rotatable bonds is 3. The zero-order valence-electron chi connectivity index (χ0n) is 15.8. The van der Waals surface area contributed by atoms with Gasteiger partial charge in [-0.25, -0.2) is 0 Å². The van der Waals surface area contributed by atoms with E-state index >= 15 is 0 Å². The van der Waals surface area contributed by atoms with Gasteiger partial charge in [0.05, 0.1) is 0 Å². The monoisotopic (exact) mass is 330 g/mol. The molecule has 2 aromatic carbocycles. The Morgan fingerprint density at radius 1 is 0.960 bits per heavy atom. The summed E-state index contributed by atoms with van der Waals surface area (Å²) < 4.78 is 0. The smallest absolute Gasteiger partial charge is 0.193 e. The van der Waals surface area contributed by atoms with Gasteiger partial charge in [-0.15, -0.1) is 0 Å². The van der Waals surface area contributed by atoms with Crippen molar-refractivity contribution in [3.63, 3.8) is 0 Å². The molecule has 0 atom stereocenters. The van der Waals surface area contributed by atoms with Gasteiger partial charge in [0.25, 0.3) is 0 Å². The maximum Gasteiger partial charge on any atom is 0.193 e. The molecule has 1 aliphatic carbocycles. The summed E-state index contributed by atoms with van der Waals surface area (Å²) in [7, 11) is 0. The number of benzene rings is 2. The van der Waals surface area contributed by atoms with E-state index in [1.807, 2.05) is 30.3 Å². The summed E-state index contributed by atoms with van der Waals surface area (Å²) in [4.78, 5) is 13.3. The van der Waals surface area contributed by atoms with Crippen molar-refractivity contribution < 1.29 is 4.79 Å². The molecule has 3 rings (SSSR count). The van der Waals surface area contributed by atoms with E-state index in [1.54, 1.807) is 0 Å². The fraction of sp³-hybridized carbons (Fsp3) is 0.292. The number of allylic oxidation sites excluding steroid dienone is 4. The van der Waals surface area contributed by atoms with Gasteiger partial charge in [0.15, 0.2) is 5.78 Å². The number of ketones is 1. The Hall–Kier alpha value is -2.41. The SMILES string of the molecule is CC1=CC(C)=C(c2ccc(C(C)(C)C)cc2C(=O)c2ccccc2)C1. The van der Waals surface area contributed by atoms with E-state index in [-0.39, 0.29) is 11.2 Å². The van der Waals surface area contributed by atoms with Gasteiger partial charge in [-0.3, -0.25) is 4.79 Å². The van der Waals surface area contributed by atoms with E-state index in [9.17, 15) is 4.79 Å². The molecule has 0 amide bonds. The molecule has 0 radical (unpaired) electrons. The first-order chi connectivity index (χ1) is 11.8. The Bertz CT molecular complexity index is 874. The lowest BCUT2D eigenvalue weighted by atomic mass is 9.82. The molecule has 2 aromatic rings. The minimum Gasteiger partial charge on any atom is -0.289 e. The maximum absolute atomic E-state index is 13.3. The van der Waals surface area contributed by atoms with Gasteiger partial charge in [0.1, 0.15) is 0 Å². The first-order valence-electron chi connectivity index (χ1n) is 8.89. The Labute approximate surface area is 151 Å². The van der Waals surface area contributed by atoms with Crippen LogP contribution in [0.2, 0.25) is 0 Å². The third-order valence-electron chi connectivity index (χ3n) is 4.89. The van der Waals surface area contributed by atoms with Crippen molar-refractivity contribution in [3.8, 4) is 0 Å². The molecule has 128 valence electrons. The van der Waals surface area contributed by atoms with Crippen molar-refractivity contribution >= 4 is 11.4 Å². The van der Waals surface area contributed by atoms with Crippen LogP contribution in [0.25, 0.3) is 5.57 Å². The Balaban J connectivity index is 2.16. The third-order valence-corrected chi connectivity index (χ3v) is 4.89. The predicted molar refractivity (Wildman–Crippen MR) is 106 cm³/mol. The Morgan fingerprint density at radius 3 is 2.20 bits per heavy atom. The van der Waals surface area contributed by atoms with Crippen LogP contribution in [0.4, 0.5) is 0 Å². The zero-order valence-corrected chi connectivity index (χ0v) is 15.8. The van der Waals surface area contributed by atoms with Gasteiger partial charge in [-0.05, 0) is 54.0 Å². The van der Waals surface area contributed by atoms with Gasteiger partial charge in [0, 0.05) is 11.1 Å². The Morgan fingerprint density at radius 2 is 1.64 bits per heavy atom. The minimum atomic E-state index is 0.0114. The fourth-order valence-electron chi connectivity index (χ4n) is 3.44. The standard InChI is InChI=1S/C24H26O/c1-16-13-17(2)21(14-16)20-12-11-19(24(3,4)5)15-22(20)23(25)18-9-7-6-8-10-18/h6-13,15H,14H2,1-5H3. The summed E-state index contributed by atoms with van der Waals surface area (Å²) in [5, 5.41) is 0. The number of hydrogen-bond donors (Lipinski definition) is 0. The van der Waals surface area contributed by atoms with E-state index < -0.39 is 0 Å². The quantitative estimate of drug-likeness (QED) is 0.600. The highest BCUT2D eigenvalue weighted by atomic mass is 16.1. The molecule has 0 aromatic heterocycles. The molecule has 0 unspecified atom stereocenters. The topological polar surface area (TPSA) is 17.1 Å². The Kier molecular flexibility index (Phi) is 4.51. The van der Waals surface area contributed by atoms with Gasteiger partial charge in [-0.1, -0.05) is 74.9 Å². The molecule has 0 aliphatic heterocycles. The van der Waals surface area contributed by atoms with Crippen LogP contribution in [-0.2, 0) is 5.41 Å². The summed E-state index contributed by atoms with van der Waals surface area (Å²) in [5.41, 5.74) is 7.74. The van der Waals surface area contributed by atoms with Gasteiger partial charge >= 0.3 is 0 Å². The van der Waals surface area contributed by atoms with Gasteiger partial charge < -0.3 is 0 Å². The van der Waals surface area contributed by atoms with E-state index in [0.717, 1.165) is 23.1 Å². The molecule has 0 fully saturated rings. The molecule has 0 saturated heterocycles. The van der Waals surface area contributed by atoms with Crippen LogP contribution < -0.4 is 0 Å². The molecular weight excluding hydrogens is 304 g/mol. The van der Waals surface area contributed by atoms with Gasteiger partial charge in [-0.2, -0.15) is 0 Å². The molecular formula is C24H26O. The summed E-state index contributed by atoms with van der Waals surface area (Å²) in [6, 6.07) is 16.0. The molecule has 0 spiro atoms. The van der Waals surface area contributed by atoms with Crippen molar-refractivity contribution in [3.05, 3.63) is 88.0 Å². The van der Waals surface area contributed by atoms with Crippen LogP contribution in [0.3, 0.4) is 0 Å². The zero-order chi connectivity index (χ0) is 18.2. The first kappa shape index (κ1) is 17.4. The maximum atomic E-state index is 13.3. The highest BCUT2D eigenvalue weighted by Crippen LogP contribution is 2.37. The van der Waals surface area contributed by atoms with E-state index in [1.165, 1.54) is 22.3 Å². The van der Waals surface area contributed by atoms with Crippen LogP contribution in [0.15, 0.2) is 65.8 Å². The number of hydrogen-bond acceptors (Lipinski definition) is 1. The van der Waals surface area contributed by atoms with E-state index in [2.05, 4.69) is 58.9 Å². The molecule has 0 bridgehead atoms. The van der Waals surface area contributed by atoms with Crippen LogP contribution in [0.5, 0.6) is 0 Å². The molecule has 1 heteroatoms. The minimum absolute atomic E-state index is 0.0114. The molecule has 1 aliphatic rings. The lowest BCUT2D eigenvalue weighted by molar-refractivity contribution is 0.103. The van der Waals surface area contributed by atoms with Crippen molar-refractivity contribution in [2.45, 2.75) is 46.5 Å². The first-order valence-corrected chi connectivity index (χ1v) is 8.89. The van der Waals surface area contributed by atoms with E-state index in [0.29, 0.717) is 0 Å². The molecule has 0 saturated carbocycles. The average molecular weight is 330 g/mol. The number of carbonyl (C=O) groups excluding carboxylic acids is 1. The molecule has 1 nitrogen and oxygen atoms in total. The fourth-order valence-corrected chi connectivity index (χ4v) is 3.44. The second-order valence-corrected chi connectivity index (χ2v) is 8.03. The normalized spacial score (nSPS) is 14.7. The second-order valence-electron chi connectivity index (χ2n) is 8.03. The van der Waals surface area contributed by atoms with Crippen LogP contribution in [0, 0.1) is 0 Å². The summed E-state index contributed by atoms with van der Waals surface area (Å²) >= 11 is 0. The van der Waals surface area contributed by atoms with Crippen molar-refractivity contribution in [1.29, 1.82) is 0 Å². The predicted octanol–water partition coefficient (Wildman–Crippen LogP) is 6.34. The van der Waals surface area contributed by atoms with Crippen LogP contribution >= 0.6 is 0 Å². The molecule has 25 heavy (non-hydrogen) atoms. The van der Waals surface area contributed by atoms with Crippen molar-refractivity contribution in [2.75, 3.05) is 0 Å². The summed E-state index contributed by atoms with van der Waals surface area (Å²) in [6.45, 7) is 10.8. The lowest BCUT2D eigenvalue weighted by Gasteiger charge is -2.22. The highest BCUT2D eigenvalue weighted by molar-refractivity contribution is 6.12. The van der Waals surface area contributed by atoms with Crippen LogP contribution in [-0.4, -0.2) is 5.78 Å². The molecule has 0 N–H and O–H groups in total. The largest absolute Gasteiger partial charge is 0.289 e. The van der Waals surface area contributed by atoms with E-state index in [4.69, 9.17) is 0 Å². The summed E-state index contributed by atoms with van der Waals surface area (Å²) in [6.07, 6.45) is 3.15. The summed E-state index contributed by atoms with van der Waals surface area (Å²) in [5.74, 6) is 0.103. The highest BCUT2D eigenvalue weighted by Gasteiger charge is 2.23. The van der Waals surface area contributed by atoms with Crippen LogP contribution in [0.1, 0.15) is 68.1 Å².